The van der Waals surface area contributed by atoms with E-state index in [2.05, 4.69) is 15.9 Å². The highest BCUT2D eigenvalue weighted by Gasteiger charge is 2.37. The molecule has 1 heterocycles. The molecule has 7 heteroatoms. The normalized spacial score (nSPS) is 24.5. The van der Waals surface area contributed by atoms with E-state index in [1.807, 2.05) is 0 Å². The van der Waals surface area contributed by atoms with E-state index in [1.54, 1.807) is 31.2 Å². The van der Waals surface area contributed by atoms with Gasteiger partial charge in [0.25, 0.3) is 0 Å². The molecule has 110 valence electrons. The van der Waals surface area contributed by atoms with Gasteiger partial charge in [0.1, 0.15) is 0 Å². The minimum atomic E-state index is -3.60. The molecule has 0 aromatic heterocycles. The lowest BCUT2D eigenvalue weighted by Gasteiger charge is -2.35. The van der Waals surface area contributed by atoms with Crippen molar-refractivity contribution in [2.45, 2.75) is 30.7 Å². The van der Waals surface area contributed by atoms with Gasteiger partial charge in [-0.15, -0.1) is 0 Å². The smallest absolute Gasteiger partial charge is 0.306 e. The lowest BCUT2D eigenvalue weighted by Crippen LogP contribution is -2.46. The number of hydrogen-bond acceptors (Lipinski definition) is 3. The molecule has 20 heavy (non-hydrogen) atoms. The van der Waals surface area contributed by atoms with Crippen molar-refractivity contribution < 1.29 is 18.3 Å². The van der Waals surface area contributed by atoms with Crippen molar-refractivity contribution in [3.05, 3.63) is 28.7 Å². The molecule has 1 aromatic rings. The second-order valence-corrected chi connectivity index (χ2v) is 7.67. The predicted molar refractivity (Wildman–Crippen MR) is 77.9 cm³/mol. The fourth-order valence-corrected chi connectivity index (χ4v) is 5.13. The summed E-state index contributed by atoms with van der Waals surface area (Å²) in [4.78, 5) is 11.2. The van der Waals surface area contributed by atoms with Crippen LogP contribution in [0.25, 0.3) is 0 Å². The quantitative estimate of drug-likeness (QED) is 0.896. The zero-order chi connectivity index (χ0) is 14.9. The second-order valence-electron chi connectivity index (χ2n) is 4.95. The van der Waals surface area contributed by atoms with Gasteiger partial charge in [-0.25, -0.2) is 8.42 Å². The van der Waals surface area contributed by atoms with E-state index in [1.165, 1.54) is 4.31 Å². The van der Waals surface area contributed by atoms with Crippen molar-refractivity contribution in [1.82, 2.24) is 4.31 Å². The van der Waals surface area contributed by atoms with E-state index < -0.39 is 21.9 Å². The molecular formula is C13H16BrNO4S. The summed E-state index contributed by atoms with van der Waals surface area (Å²) in [5.41, 5.74) is 0. The van der Waals surface area contributed by atoms with Crippen LogP contribution in [-0.2, 0) is 14.8 Å². The topological polar surface area (TPSA) is 74.7 Å². The van der Waals surface area contributed by atoms with E-state index in [0.29, 0.717) is 17.3 Å². The largest absolute Gasteiger partial charge is 0.481 e. The molecule has 0 amide bonds. The molecule has 1 aromatic carbocycles. The van der Waals surface area contributed by atoms with Crippen molar-refractivity contribution in [3.63, 3.8) is 0 Å². The van der Waals surface area contributed by atoms with Crippen LogP contribution in [0.1, 0.15) is 19.8 Å². The average Bonchev–Trinajstić information content (AvgIpc) is 2.38. The van der Waals surface area contributed by atoms with Crippen molar-refractivity contribution in [1.29, 1.82) is 0 Å². The van der Waals surface area contributed by atoms with Crippen molar-refractivity contribution >= 4 is 31.9 Å². The number of carboxylic acids is 1. The zero-order valence-electron chi connectivity index (χ0n) is 11.0. The van der Waals surface area contributed by atoms with Crippen LogP contribution in [0.15, 0.2) is 33.6 Å². The van der Waals surface area contributed by atoms with Crippen LogP contribution < -0.4 is 0 Å². The Morgan fingerprint density at radius 1 is 1.40 bits per heavy atom. The summed E-state index contributed by atoms with van der Waals surface area (Å²) >= 11 is 3.25. The van der Waals surface area contributed by atoms with Gasteiger partial charge >= 0.3 is 5.97 Å². The summed E-state index contributed by atoms with van der Waals surface area (Å²) in [6, 6.07) is 6.34. The number of sulfonamides is 1. The molecule has 0 aliphatic carbocycles. The van der Waals surface area contributed by atoms with Gasteiger partial charge in [0.05, 0.1) is 10.8 Å². The molecule has 0 spiro atoms. The molecule has 1 fully saturated rings. The Balaban J connectivity index is 2.28. The van der Waals surface area contributed by atoms with Gasteiger partial charge in [0, 0.05) is 17.1 Å². The minimum absolute atomic E-state index is 0.223. The molecule has 2 rings (SSSR count). The molecule has 1 aliphatic rings. The molecule has 1 aliphatic heterocycles. The highest BCUT2D eigenvalue weighted by atomic mass is 79.9. The van der Waals surface area contributed by atoms with Gasteiger partial charge in [0.15, 0.2) is 0 Å². The summed E-state index contributed by atoms with van der Waals surface area (Å²) in [5.74, 6) is -1.31. The van der Waals surface area contributed by atoms with Gasteiger partial charge < -0.3 is 5.11 Å². The van der Waals surface area contributed by atoms with E-state index >= 15 is 0 Å². The third-order valence-corrected chi connectivity index (χ3v) is 6.61. The number of aliphatic carboxylic acids is 1. The van der Waals surface area contributed by atoms with Crippen LogP contribution in [0.4, 0.5) is 0 Å². The van der Waals surface area contributed by atoms with E-state index in [4.69, 9.17) is 5.11 Å². The van der Waals surface area contributed by atoms with Gasteiger partial charge in [-0.05, 0) is 47.8 Å². The molecule has 0 bridgehead atoms. The van der Waals surface area contributed by atoms with Crippen molar-refractivity contribution in [3.8, 4) is 0 Å². The van der Waals surface area contributed by atoms with Crippen LogP contribution in [0.5, 0.6) is 0 Å². The predicted octanol–water partition coefficient (Wildman–Crippen LogP) is 2.32. The first-order chi connectivity index (χ1) is 9.34. The molecular weight excluding hydrogens is 346 g/mol. The molecule has 2 atom stereocenters. The minimum Gasteiger partial charge on any atom is -0.481 e. The molecule has 5 nitrogen and oxygen atoms in total. The number of carboxylic acid groups (broad SMARTS) is 1. The van der Waals surface area contributed by atoms with Crippen LogP contribution >= 0.6 is 15.9 Å². The number of benzene rings is 1. The maximum Gasteiger partial charge on any atom is 0.306 e. The molecule has 1 saturated heterocycles. The number of hydrogen-bond donors (Lipinski definition) is 1. The Hall–Kier alpha value is -0.920. The third-order valence-electron chi connectivity index (χ3n) is 3.59. The Morgan fingerprint density at radius 3 is 2.60 bits per heavy atom. The van der Waals surface area contributed by atoms with E-state index in [9.17, 15) is 13.2 Å². The molecule has 2 unspecified atom stereocenters. The maximum absolute atomic E-state index is 12.6. The number of halogens is 1. The average molecular weight is 362 g/mol. The number of piperidine rings is 1. The zero-order valence-corrected chi connectivity index (χ0v) is 13.4. The Kier molecular flexibility index (Phi) is 4.51. The summed E-state index contributed by atoms with van der Waals surface area (Å²) in [6.07, 6.45) is 0.697. The van der Waals surface area contributed by atoms with Crippen molar-refractivity contribution in [2.75, 3.05) is 6.54 Å². The van der Waals surface area contributed by atoms with Gasteiger partial charge in [0.2, 0.25) is 10.0 Å². The summed E-state index contributed by atoms with van der Waals surface area (Å²) in [7, 11) is -3.60. The number of rotatable bonds is 3. The Labute approximate surface area is 126 Å². The van der Waals surface area contributed by atoms with Crippen molar-refractivity contribution in [2.24, 2.45) is 5.92 Å². The third kappa shape index (κ3) is 2.89. The molecule has 1 N–H and O–H groups in total. The monoisotopic (exact) mass is 361 g/mol. The summed E-state index contributed by atoms with van der Waals surface area (Å²) in [6.45, 7) is 1.99. The summed E-state index contributed by atoms with van der Waals surface area (Å²) < 4.78 is 27.2. The van der Waals surface area contributed by atoms with Crippen LogP contribution in [0.3, 0.4) is 0 Å². The first-order valence-electron chi connectivity index (χ1n) is 6.33. The fourth-order valence-electron chi connectivity index (χ4n) is 2.51. The fraction of sp³-hybridized carbons (Fsp3) is 0.462. The van der Waals surface area contributed by atoms with Gasteiger partial charge in [-0.2, -0.15) is 4.31 Å². The molecule has 0 radical (unpaired) electrons. The van der Waals surface area contributed by atoms with E-state index in [0.717, 1.165) is 0 Å². The lowest BCUT2D eigenvalue weighted by molar-refractivity contribution is -0.143. The molecule has 0 saturated carbocycles. The number of nitrogens with zero attached hydrogens (tertiary/aromatic N) is 1. The lowest BCUT2D eigenvalue weighted by atomic mass is 9.93. The van der Waals surface area contributed by atoms with Crippen LogP contribution in [0.2, 0.25) is 0 Å². The SMILES string of the molecule is CC1CC(C(=O)O)CCN1S(=O)(=O)c1ccccc1Br. The van der Waals surface area contributed by atoms with Crippen LogP contribution in [-0.4, -0.2) is 36.4 Å². The highest BCUT2D eigenvalue weighted by Crippen LogP contribution is 2.31. The Bertz CT molecular complexity index is 617. The summed E-state index contributed by atoms with van der Waals surface area (Å²) in [5, 5.41) is 9.03. The highest BCUT2D eigenvalue weighted by molar-refractivity contribution is 9.10. The number of carbonyl (C=O) groups is 1. The second kappa shape index (κ2) is 5.83. The first-order valence-corrected chi connectivity index (χ1v) is 8.56. The Morgan fingerprint density at radius 2 is 2.05 bits per heavy atom. The standard InChI is InChI=1S/C13H16BrNO4S/c1-9-8-10(13(16)17)6-7-15(9)20(18,19)12-5-3-2-4-11(12)14/h2-5,9-10H,6-8H2,1H3,(H,16,17). The van der Waals surface area contributed by atoms with Crippen LogP contribution in [0, 0.1) is 5.92 Å². The van der Waals surface area contributed by atoms with E-state index in [-0.39, 0.29) is 17.5 Å². The van der Waals surface area contributed by atoms with Gasteiger partial charge in [-0.3, -0.25) is 4.79 Å². The van der Waals surface area contributed by atoms with Gasteiger partial charge in [-0.1, -0.05) is 12.1 Å². The first kappa shape index (κ1) is 15.5. The maximum atomic E-state index is 12.6.